The van der Waals surface area contributed by atoms with Gasteiger partial charge < -0.3 is 40.7 Å². The molecule has 4 heterocycles. The topological polar surface area (TPSA) is 207 Å². The molecule has 0 spiro atoms. The zero-order valence-electron chi connectivity index (χ0n) is 33.3. The lowest BCUT2D eigenvalue weighted by Crippen LogP contribution is -2.52. The van der Waals surface area contributed by atoms with E-state index in [1.807, 2.05) is 36.1 Å². The van der Waals surface area contributed by atoms with E-state index in [9.17, 15) is 28.8 Å². The van der Waals surface area contributed by atoms with Crippen LogP contribution in [0.3, 0.4) is 0 Å². The van der Waals surface area contributed by atoms with Crippen molar-refractivity contribution in [2.45, 2.75) is 57.8 Å². The number of fused-ring (bicyclic) bond motifs is 2. The van der Waals surface area contributed by atoms with Crippen LogP contribution in [-0.4, -0.2) is 96.2 Å². The fourth-order valence-corrected chi connectivity index (χ4v) is 7.79. The van der Waals surface area contributed by atoms with E-state index < -0.39 is 18.0 Å². The minimum Gasteiger partial charge on any atom is -0.495 e. The summed E-state index contributed by atoms with van der Waals surface area (Å²) in [5.41, 5.74) is 4.07. The highest BCUT2D eigenvalue weighted by molar-refractivity contribution is 9.10. The minimum absolute atomic E-state index is 0.0315. The highest BCUT2D eigenvalue weighted by atomic mass is 79.9. The number of carbonyl (C=O) groups excluding carboxylic acids is 6. The summed E-state index contributed by atoms with van der Waals surface area (Å²) >= 11 is 3.48. The molecule has 3 aliphatic rings. The van der Waals surface area contributed by atoms with Gasteiger partial charge >= 0.3 is 0 Å². The Morgan fingerprint density at radius 2 is 1.80 bits per heavy atom. The smallest absolute Gasteiger partial charge is 0.255 e. The number of piperidine rings is 1. The molecule has 2 atom stereocenters. The molecule has 7 rings (SSSR count). The molecule has 0 bridgehead atoms. The molecular weight excluding hydrogens is 836 g/mol. The SMILES string of the molecule is CC[C@@H]1C(=O)N(C)c2cnc(Nc3ccc(C(=O)NCCNCCC(=O)Nc4cccc5c4CN(C4CCC(=O)NC4=O)C5=O)cc3OC)nc2N1Cc1ccc(Br)cc1. The van der Waals surface area contributed by atoms with Gasteiger partial charge in [0.05, 0.1) is 19.0 Å². The van der Waals surface area contributed by atoms with Gasteiger partial charge in [-0.3, -0.25) is 34.1 Å². The number of hydrogen-bond donors (Lipinski definition) is 5. The summed E-state index contributed by atoms with van der Waals surface area (Å²) in [4.78, 5) is 90.7. The molecule has 5 N–H and O–H groups in total. The molecule has 1 aromatic heterocycles. The molecule has 18 heteroatoms. The third-order valence-corrected chi connectivity index (χ3v) is 11.2. The molecule has 4 aromatic rings. The summed E-state index contributed by atoms with van der Waals surface area (Å²) in [5, 5.41) is 14.4. The Morgan fingerprint density at radius 1 is 1.00 bits per heavy atom. The highest BCUT2D eigenvalue weighted by Crippen LogP contribution is 2.37. The molecule has 6 amide bonds. The average molecular weight is 882 g/mol. The second-order valence-electron chi connectivity index (χ2n) is 14.6. The van der Waals surface area contributed by atoms with E-state index in [0.29, 0.717) is 83.9 Å². The molecule has 17 nitrogen and oxygen atoms in total. The third kappa shape index (κ3) is 8.93. The van der Waals surface area contributed by atoms with Crippen LogP contribution in [0.25, 0.3) is 0 Å². The third-order valence-electron chi connectivity index (χ3n) is 10.7. The molecule has 3 aromatic carbocycles. The Kier molecular flexibility index (Phi) is 12.7. The van der Waals surface area contributed by atoms with Gasteiger partial charge in [-0.25, -0.2) is 4.98 Å². The zero-order valence-corrected chi connectivity index (χ0v) is 34.9. The van der Waals surface area contributed by atoms with Gasteiger partial charge in [0.15, 0.2) is 5.82 Å². The predicted molar refractivity (Wildman–Crippen MR) is 227 cm³/mol. The van der Waals surface area contributed by atoms with E-state index in [1.165, 1.54) is 12.0 Å². The molecule has 0 saturated carbocycles. The number of nitrogens with zero attached hydrogens (tertiary/aromatic N) is 5. The van der Waals surface area contributed by atoms with Crippen molar-refractivity contribution < 1.29 is 33.5 Å². The number of rotatable bonds is 15. The van der Waals surface area contributed by atoms with Crippen molar-refractivity contribution in [1.82, 2.24) is 30.8 Å². The van der Waals surface area contributed by atoms with Crippen LogP contribution in [0.15, 0.2) is 71.3 Å². The van der Waals surface area contributed by atoms with E-state index in [2.05, 4.69) is 47.5 Å². The van der Waals surface area contributed by atoms with Crippen LogP contribution in [0.1, 0.15) is 64.4 Å². The summed E-state index contributed by atoms with van der Waals surface area (Å²) < 4.78 is 6.59. The summed E-state index contributed by atoms with van der Waals surface area (Å²) in [6, 6.07) is 16.8. The Morgan fingerprint density at radius 3 is 2.55 bits per heavy atom. The largest absolute Gasteiger partial charge is 0.495 e. The van der Waals surface area contributed by atoms with Crippen LogP contribution in [0.5, 0.6) is 5.75 Å². The maximum atomic E-state index is 13.3. The Hall–Kier alpha value is -6.40. The summed E-state index contributed by atoms with van der Waals surface area (Å²) in [6.45, 7) is 3.64. The van der Waals surface area contributed by atoms with Crippen LogP contribution >= 0.6 is 15.9 Å². The second kappa shape index (κ2) is 18.3. The van der Waals surface area contributed by atoms with Gasteiger partial charge in [0.1, 0.15) is 23.5 Å². The van der Waals surface area contributed by atoms with Crippen molar-refractivity contribution in [3.8, 4) is 5.75 Å². The Balaban J connectivity index is 0.897. The Labute approximate surface area is 354 Å². The molecule has 1 fully saturated rings. The number of benzene rings is 3. The maximum absolute atomic E-state index is 13.3. The number of methoxy groups -OCH3 is 1. The van der Waals surface area contributed by atoms with Crippen molar-refractivity contribution in [3.63, 3.8) is 0 Å². The fourth-order valence-electron chi connectivity index (χ4n) is 7.53. The van der Waals surface area contributed by atoms with E-state index in [4.69, 9.17) is 9.72 Å². The number of carbonyl (C=O) groups is 6. The van der Waals surface area contributed by atoms with Crippen molar-refractivity contribution in [1.29, 1.82) is 0 Å². The van der Waals surface area contributed by atoms with Crippen LogP contribution in [0, 0.1) is 0 Å². The van der Waals surface area contributed by atoms with Crippen LogP contribution in [0.2, 0.25) is 0 Å². The lowest BCUT2D eigenvalue weighted by atomic mass is 10.0. The van der Waals surface area contributed by atoms with E-state index in [1.54, 1.807) is 54.5 Å². The first-order valence-electron chi connectivity index (χ1n) is 19.6. The number of likely N-dealkylation sites (N-methyl/N-ethyl adjacent to an activating group) is 1. The average Bonchev–Trinajstić information content (AvgIpc) is 3.58. The monoisotopic (exact) mass is 880 g/mol. The summed E-state index contributed by atoms with van der Waals surface area (Å²) in [7, 11) is 3.23. The van der Waals surface area contributed by atoms with Gasteiger partial charge in [-0.1, -0.05) is 41.1 Å². The number of imide groups is 1. The lowest BCUT2D eigenvalue weighted by molar-refractivity contribution is -0.137. The first-order valence-corrected chi connectivity index (χ1v) is 20.4. The maximum Gasteiger partial charge on any atom is 0.255 e. The quantitative estimate of drug-likeness (QED) is 0.0853. The number of aromatic nitrogens is 2. The van der Waals surface area contributed by atoms with Gasteiger partial charge in [0.25, 0.3) is 11.8 Å². The molecule has 0 radical (unpaired) electrons. The molecule has 312 valence electrons. The Bertz CT molecular complexity index is 2340. The molecule has 60 heavy (non-hydrogen) atoms. The number of halogens is 1. The number of anilines is 5. The first kappa shape index (κ1) is 41.7. The normalized spacial score (nSPS) is 17.2. The number of nitrogens with one attached hydrogen (secondary N) is 5. The minimum atomic E-state index is -0.747. The fraction of sp³-hybridized carbons (Fsp3) is 0.333. The second-order valence-corrected chi connectivity index (χ2v) is 15.5. The van der Waals surface area contributed by atoms with Gasteiger partial charge in [-0.05, 0) is 60.9 Å². The van der Waals surface area contributed by atoms with Crippen LogP contribution in [0.4, 0.5) is 28.8 Å². The molecule has 1 unspecified atom stereocenters. The molecule has 1 saturated heterocycles. The number of hydrogen-bond acceptors (Lipinski definition) is 12. The number of ether oxygens (including phenoxy) is 1. The summed E-state index contributed by atoms with van der Waals surface area (Å²) in [5.74, 6) is -0.472. The lowest BCUT2D eigenvalue weighted by Gasteiger charge is -2.40. The standard InChI is InChI=1S/C42H45BrN10O7/c1-4-31-41(59)51(2)33-21-46-42(50-37(33)52(31)22-24-8-11-26(43)12-9-24)48-30-13-10-25(20-34(30)60-3)38(56)45-19-18-44-17-16-36(55)47-29-7-5-6-27-28(29)23-53(40(27)58)32-14-15-35(54)49-39(32)57/h5-13,20-21,31-32,44H,4,14-19,22-23H2,1-3H3,(H,45,56)(H,47,55)(H,46,48,50)(H,49,54,57)/t31-,32?/m1/s1. The highest BCUT2D eigenvalue weighted by Gasteiger charge is 2.40. The van der Waals surface area contributed by atoms with Crippen molar-refractivity contribution >= 4 is 80.2 Å². The first-order chi connectivity index (χ1) is 28.9. The van der Waals surface area contributed by atoms with E-state index >= 15 is 0 Å². The van der Waals surface area contributed by atoms with Crippen LogP contribution < -0.4 is 41.1 Å². The molecule has 0 aliphatic carbocycles. The van der Waals surface area contributed by atoms with Crippen molar-refractivity contribution in [3.05, 3.63) is 93.6 Å². The van der Waals surface area contributed by atoms with E-state index in [-0.39, 0.29) is 55.3 Å². The zero-order chi connectivity index (χ0) is 42.5. The van der Waals surface area contributed by atoms with Crippen LogP contribution in [-0.2, 0) is 32.3 Å². The molecule has 3 aliphatic heterocycles. The van der Waals surface area contributed by atoms with Crippen molar-refractivity contribution in [2.75, 3.05) is 54.2 Å². The van der Waals surface area contributed by atoms with Gasteiger partial charge in [0.2, 0.25) is 29.6 Å². The van der Waals surface area contributed by atoms with Crippen molar-refractivity contribution in [2.24, 2.45) is 0 Å². The van der Waals surface area contributed by atoms with Gasteiger partial charge in [0, 0.05) is 79.5 Å². The molecular formula is C42H45BrN10O7. The van der Waals surface area contributed by atoms with Gasteiger partial charge in [-0.15, -0.1) is 0 Å². The predicted octanol–water partition coefficient (Wildman–Crippen LogP) is 3.86. The van der Waals surface area contributed by atoms with E-state index in [0.717, 1.165) is 10.0 Å². The number of amides is 6. The summed E-state index contributed by atoms with van der Waals surface area (Å²) in [6.07, 6.45) is 2.76. The van der Waals surface area contributed by atoms with Gasteiger partial charge in [-0.2, -0.15) is 4.98 Å².